The van der Waals surface area contributed by atoms with E-state index in [4.69, 9.17) is 0 Å². The van der Waals surface area contributed by atoms with Gasteiger partial charge in [-0.1, -0.05) is 18.2 Å². The van der Waals surface area contributed by atoms with Crippen LogP contribution in [0.3, 0.4) is 0 Å². The van der Waals surface area contributed by atoms with Gasteiger partial charge >= 0.3 is 0 Å². The molecular formula is C15H19FN2O2. The Morgan fingerprint density at radius 2 is 1.90 bits per heavy atom. The summed E-state index contributed by atoms with van der Waals surface area (Å²) >= 11 is 0. The number of hydrogen-bond donors (Lipinski definition) is 1. The van der Waals surface area contributed by atoms with E-state index in [1.807, 2.05) is 0 Å². The van der Waals surface area contributed by atoms with E-state index in [1.54, 1.807) is 23.1 Å². The Morgan fingerprint density at radius 1 is 1.20 bits per heavy atom. The molecule has 1 aromatic rings. The molecule has 2 rings (SSSR count). The monoisotopic (exact) mass is 278 g/mol. The van der Waals surface area contributed by atoms with Crippen molar-refractivity contribution in [2.75, 3.05) is 19.6 Å². The van der Waals surface area contributed by atoms with Gasteiger partial charge in [0.2, 0.25) is 11.8 Å². The number of benzene rings is 1. The average molecular weight is 278 g/mol. The zero-order valence-corrected chi connectivity index (χ0v) is 11.4. The molecule has 1 fully saturated rings. The highest BCUT2D eigenvalue weighted by Gasteiger charge is 2.20. The standard InChI is InChI=1S/C15H19FN2O2/c16-13-6-2-1-5-12(13)7-8-17-14(19)11-15(20)18-9-3-4-10-18/h1-2,5-6H,3-4,7-11H2,(H,17,19). The van der Waals surface area contributed by atoms with Gasteiger partial charge in [-0.2, -0.15) is 0 Å². The van der Waals surface area contributed by atoms with Crippen molar-refractivity contribution in [2.45, 2.75) is 25.7 Å². The third kappa shape index (κ3) is 4.05. The number of halogens is 1. The summed E-state index contributed by atoms with van der Waals surface area (Å²) in [5.41, 5.74) is 0.568. The molecule has 0 bridgehead atoms. The number of rotatable bonds is 5. The van der Waals surface area contributed by atoms with Gasteiger partial charge in [0.15, 0.2) is 0 Å². The van der Waals surface area contributed by atoms with Gasteiger partial charge in [0, 0.05) is 19.6 Å². The predicted octanol–water partition coefficient (Wildman–Crippen LogP) is 1.50. The van der Waals surface area contributed by atoms with Crippen molar-refractivity contribution < 1.29 is 14.0 Å². The lowest BCUT2D eigenvalue weighted by molar-refractivity contribution is -0.135. The number of nitrogens with zero attached hydrogens (tertiary/aromatic N) is 1. The first kappa shape index (κ1) is 14.5. The number of likely N-dealkylation sites (tertiary alicyclic amines) is 1. The predicted molar refractivity (Wildman–Crippen MR) is 73.5 cm³/mol. The van der Waals surface area contributed by atoms with E-state index < -0.39 is 0 Å². The smallest absolute Gasteiger partial charge is 0.232 e. The molecular weight excluding hydrogens is 259 g/mol. The third-order valence-corrected chi connectivity index (χ3v) is 3.44. The number of nitrogens with one attached hydrogen (secondary N) is 1. The van der Waals surface area contributed by atoms with Gasteiger partial charge in [-0.25, -0.2) is 4.39 Å². The van der Waals surface area contributed by atoms with Crippen LogP contribution in [0.15, 0.2) is 24.3 Å². The summed E-state index contributed by atoms with van der Waals surface area (Å²) in [6.45, 7) is 1.84. The first-order valence-electron chi connectivity index (χ1n) is 6.94. The third-order valence-electron chi connectivity index (χ3n) is 3.44. The van der Waals surface area contributed by atoms with Crippen LogP contribution in [0.4, 0.5) is 4.39 Å². The summed E-state index contributed by atoms with van der Waals surface area (Å²) in [4.78, 5) is 25.1. The number of amides is 2. The van der Waals surface area contributed by atoms with Gasteiger partial charge in [-0.05, 0) is 30.9 Å². The van der Waals surface area contributed by atoms with Crippen LogP contribution in [0.5, 0.6) is 0 Å². The second kappa shape index (κ2) is 7.03. The molecule has 0 aromatic heterocycles. The lowest BCUT2D eigenvalue weighted by atomic mass is 10.1. The highest BCUT2D eigenvalue weighted by Crippen LogP contribution is 2.09. The Morgan fingerprint density at radius 3 is 2.60 bits per heavy atom. The van der Waals surface area contributed by atoms with Crippen molar-refractivity contribution in [1.29, 1.82) is 0 Å². The number of carbonyl (C=O) groups is 2. The molecule has 0 atom stereocenters. The maximum atomic E-state index is 13.4. The number of carbonyl (C=O) groups excluding carboxylic acids is 2. The normalized spacial score (nSPS) is 14.3. The molecule has 1 saturated heterocycles. The van der Waals surface area contributed by atoms with Crippen molar-refractivity contribution >= 4 is 11.8 Å². The molecule has 0 aliphatic carbocycles. The van der Waals surface area contributed by atoms with Crippen molar-refractivity contribution in [3.05, 3.63) is 35.6 Å². The molecule has 4 nitrogen and oxygen atoms in total. The zero-order valence-electron chi connectivity index (χ0n) is 11.4. The van der Waals surface area contributed by atoms with E-state index in [-0.39, 0.29) is 24.1 Å². The molecule has 108 valence electrons. The maximum absolute atomic E-state index is 13.4. The minimum atomic E-state index is -0.293. The van der Waals surface area contributed by atoms with E-state index in [0.717, 1.165) is 25.9 Å². The summed E-state index contributed by atoms with van der Waals surface area (Å²) in [6.07, 6.45) is 2.34. The van der Waals surface area contributed by atoms with Gasteiger partial charge < -0.3 is 10.2 Å². The fourth-order valence-corrected chi connectivity index (χ4v) is 2.32. The highest BCUT2D eigenvalue weighted by molar-refractivity contribution is 5.96. The zero-order chi connectivity index (χ0) is 14.4. The summed E-state index contributed by atoms with van der Waals surface area (Å²) < 4.78 is 13.4. The van der Waals surface area contributed by atoms with Crippen LogP contribution >= 0.6 is 0 Å². The van der Waals surface area contributed by atoms with Crippen molar-refractivity contribution in [1.82, 2.24) is 10.2 Å². The van der Waals surface area contributed by atoms with Gasteiger partial charge in [0.05, 0.1) is 0 Å². The van der Waals surface area contributed by atoms with Crippen LogP contribution < -0.4 is 5.32 Å². The lowest BCUT2D eigenvalue weighted by Crippen LogP contribution is -2.34. The molecule has 1 N–H and O–H groups in total. The summed E-state index contributed by atoms with van der Waals surface area (Å²) in [6, 6.07) is 6.48. The molecule has 0 saturated carbocycles. The van der Waals surface area contributed by atoms with Crippen LogP contribution in [-0.4, -0.2) is 36.3 Å². The Labute approximate surface area is 118 Å². The van der Waals surface area contributed by atoms with Crippen molar-refractivity contribution in [3.8, 4) is 0 Å². The van der Waals surface area contributed by atoms with Crippen LogP contribution in [-0.2, 0) is 16.0 Å². The van der Waals surface area contributed by atoms with Gasteiger partial charge in [0.1, 0.15) is 12.2 Å². The van der Waals surface area contributed by atoms with E-state index >= 15 is 0 Å². The Balaban J connectivity index is 1.70. The van der Waals surface area contributed by atoms with Gasteiger partial charge in [-0.3, -0.25) is 9.59 Å². The van der Waals surface area contributed by atoms with Gasteiger partial charge in [0.25, 0.3) is 0 Å². The average Bonchev–Trinajstić information content (AvgIpc) is 2.95. The molecule has 1 aliphatic heterocycles. The molecule has 0 spiro atoms. The van der Waals surface area contributed by atoms with Crippen molar-refractivity contribution in [3.63, 3.8) is 0 Å². The van der Waals surface area contributed by atoms with Crippen LogP contribution in [0.1, 0.15) is 24.8 Å². The first-order chi connectivity index (χ1) is 9.66. The molecule has 2 amide bonds. The molecule has 1 aromatic carbocycles. The minimum Gasteiger partial charge on any atom is -0.355 e. The Hall–Kier alpha value is -1.91. The van der Waals surface area contributed by atoms with E-state index in [1.165, 1.54) is 6.07 Å². The fraction of sp³-hybridized carbons (Fsp3) is 0.467. The Kier molecular flexibility index (Phi) is 5.09. The minimum absolute atomic E-state index is 0.114. The molecule has 5 heteroatoms. The molecule has 0 radical (unpaired) electrons. The lowest BCUT2D eigenvalue weighted by Gasteiger charge is -2.14. The molecule has 1 aliphatic rings. The van der Waals surface area contributed by atoms with Crippen molar-refractivity contribution in [2.24, 2.45) is 0 Å². The molecule has 0 unspecified atom stereocenters. The van der Waals surface area contributed by atoms with Gasteiger partial charge in [-0.15, -0.1) is 0 Å². The van der Waals surface area contributed by atoms with E-state index in [0.29, 0.717) is 18.5 Å². The second-order valence-corrected chi connectivity index (χ2v) is 4.96. The topological polar surface area (TPSA) is 49.4 Å². The van der Waals surface area contributed by atoms with Crippen LogP contribution in [0.2, 0.25) is 0 Å². The summed E-state index contributed by atoms with van der Waals surface area (Å²) in [5, 5.41) is 2.66. The number of hydrogen-bond acceptors (Lipinski definition) is 2. The van der Waals surface area contributed by atoms with E-state index in [9.17, 15) is 14.0 Å². The quantitative estimate of drug-likeness (QED) is 0.830. The molecule has 1 heterocycles. The van der Waals surface area contributed by atoms with Crippen LogP contribution in [0, 0.1) is 5.82 Å². The SMILES string of the molecule is O=C(CC(=O)N1CCCC1)NCCc1ccccc1F. The summed E-state index contributed by atoms with van der Waals surface area (Å²) in [5.74, 6) is -0.681. The van der Waals surface area contributed by atoms with Crippen LogP contribution in [0.25, 0.3) is 0 Å². The van der Waals surface area contributed by atoms with E-state index in [2.05, 4.69) is 5.32 Å². The molecule has 20 heavy (non-hydrogen) atoms. The Bertz CT molecular complexity index is 485. The summed E-state index contributed by atoms with van der Waals surface area (Å²) in [7, 11) is 0. The maximum Gasteiger partial charge on any atom is 0.232 e. The largest absolute Gasteiger partial charge is 0.355 e. The highest BCUT2D eigenvalue weighted by atomic mass is 19.1. The first-order valence-corrected chi connectivity index (χ1v) is 6.94. The second-order valence-electron chi connectivity index (χ2n) is 4.96. The fourth-order valence-electron chi connectivity index (χ4n) is 2.32.